The van der Waals surface area contributed by atoms with Gasteiger partial charge in [0.1, 0.15) is 29.7 Å². The van der Waals surface area contributed by atoms with Gasteiger partial charge in [0.25, 0.3) is 0 Å². The van der Waals surface area contributed by atoms with E-state index in [1.54, 1.807) is 19.1 Å². The van der Waals surface area contributed by atoms with Gasteiger partial charge in [-0.1, -0.05) is 0 Å². The Morgan fingerprint density at radius 3 is 2.61 bits per heavy atom. The van der Waals surface area contributed by atoms with E-state index >= 15 is 0 Å². The summed E-state index contributed by atoms with van der Waals surface area (Å²) in [7, 11) is 0. The third-order valence-electron chi connectivity index (χ3n) is 2.44. The molecule has 0 unspecified atom stereocenters. The fraction of sp³-hybridized carbons (Fsp3) is 0.143. The lowest BCUT2D eigenvalue weighted by Crippen LogP contribution is -1.99. The van der Waals surface area contributed by atoms with Crippen molar-refractivity contribution >= 4 is 0 Å². The third kappa shape index (κ3) is 2.97. The molecule has 0 saturated heterocycles. The molecule has 2 nitrogen and oxygen atoms in total. The number of phenolic OH excluding ortho intramolecular Hbond substituents is 1. The lowest BCUT2D eigenvalue weighted by molar-refractivity contribution is 0.297. The van der Waals surface area contributed by atoms with Crippen LogP contribution in [0.15, 0.2) is 36.4 Å². The van der Waals surface area contributed by atoms with Crippen molar-refractivity contribution in [2.45, 2.75) is 13.5 Å². The summed E-state index contributed by atoms with van der Waals surface area (Å²) in [6.45, 7) is 1.71. The van der Waals surface area contributed by atoms with Crippen LogP contribution in [0, 0.1) is 18.6 Å². The van der Waals surface area contributed by atoms with E-state index in [0.717, 1.165) is 23.8 Å². The van der Waals surface area contributed by atoms with Crippen LogP contribution in [0.5, 0.6) is 11.5 Å². The maximum Gasteiger partial charge on any atom is 0.130 e. The highest BCUT2D eigenvalue weighted by Gasteiger charge is 2.05. The van der Waals surface area contributed by atoms with E-state index in [2.05, 4.69) is 0 Å². The molecular formula is C14H12F2O2. The van der Waals surface area contributed by atoms with E-state index in [1.807, 2.05) is 0 Å². The molecule has 0 bridgehead atoms. The fourth-order valence-corrected chi connectivity index (χ4v) is 1.63. The second-order valence-electron chi connectivity index (χ2n) is 4.03. The van der Waals surface area contributed by atoms with Crippen LogP contribution in [-0.4, -0.2) is 5.11 Å². The molecule has 0 spiro atoms. The van der Waals surface area contributed by atoms with Gasteiger partial charge >= 0.3 is 0 Å². The first-order valence-corrected chi connectivity index (χ1v) is 5.42. The van der Waals surface area contributed by atoms with Crippen molar-refractivity contribution in [3.8, 4) is 11.5 Å². The lowest BCUT2D eigenvalue weighted by Gasteiger charge is -2.08. The normalized spacial score (nSPS) is 10.4. The van der Waals surface area contributed by atoms with E-state index in [1.165, 1.54) is 6.07 Å². The van der Waals surface area contributed by atoms with Crippen LogP contribution < -0.4 is 4.74 Å². The van der Waals surface area contributed by atoms with Crippen LogP contribution in [0.2, 0.25) is 0 Å². The first-order chi connectivity index (χ1) is 8.54. The van der Waals surface area contributed by atoms with Gasteiger partial charge in [-0.15, -0.1) is 0 Å². The number of rotatable bonds is 3. The van der Waals surface area contributed by atoms with Crippen LogP contribution in [0.1, 0.15) is 11.1 Å². The van der Waals surface area contributed by atoms with Gasteiger partial charge in [-0.2, -0.15) is 0 Å². The molecule has 0 radical (unpaired) electrons. The molecule has 2 rings (SSSR count). The number of hydrogen-bond acceptors (Lipinski definition) is 2. The van der Waals surface area contributed by atoms with Crippen molar-refractivity contribution in [1.29, 1.82) is 0 Å². The topological polar surface area (TPSA) is 29.5 Å². The minimum Gasteiger partial charge on any atom is -0.508 e. The van der Waals surface area contributed by atoms with Gasteiger partial charge in [0, 0.05) is 11.6 Å². The number of benzene rings is 2. The van der Waals surface area contributed by atoms with Crippen molar-refractivity contribution in [3.63, 3.8) is 0 Å². The summed E-state index contributed by atoms with van der Waals surface area (Å²) in [6, 6.07) is 7.90. The van der Waals surface area contributed by atoms with Gasteiger partial charge in [0.05, 0.1) is 0 Å². The summed E-state index contributed by atoms with van der Waals surface area (Å²) < 4.78 is 31.6. The highest BCUT2D eigenvalue weighted by Crippen LogP contribution is 2.22. The molecule has 0 amide bonds. The number of ether oxygens (including phenoxy) is 1. The molecule has 94 valence electrons. The van der Waals surface area contributed by atoms with Crippen LogP contribution in [-0.2, 0) is 6.61 Å². The van der Waals surface area contributed by atoms with E-state index in [-0.39, 0.29) is 17.9 Å². The summed E-state index contributed by atoms with van der Waals surface area (Å²) in [5.41, 5.74) is 0.959. The second-order valence-corrected chi connectivity index (χ2v) is 4.03. The van der Waals surface area contributed by atoms with E-state index in [0.29, 0.717) is 5.75 Å². The standard InChI is InChI=1S/C14H12F2O2/c1-9-4-12(17)7-13(5-9)18-8-10-6-11(15)2-3-14(10)16/h2-7,17H,8H2,1H3. The van der Waals surface area contributed by atoms with Crippen LogP contribution >= 0.6 is 0 Å². The number of hydrogen-bond donors (Lipinski definition) is 1. The Morgan fingerprint density at radius 1 is 1.11 bits per heavy atom. The first-order valence-electron chi connectivity index (χ1n) is 5.42. The quantitative estimate of drug-likeness (QED) is 0.902. The van der Waals surface area contributed by atoms with E-state index in [9.17, 15) is 13.9 Å². The summed E-state index contributed by atoms with van der Waals surface area (Å²) >= 11 is 0. The number of phenols is 1. The minimum absolute atomic E-state index is 0.0738. The number of aryl methyl sites for hydroxylation is 1. The molecule has 0 aliphatic heterocycles. The SMILES string of the molecule is Cc1cc(O)cc(OCc2cc(F)ccc2F)c1. The van der Waals surface area contributed by atoms with Crippen LogP contribution in [0.3, 0.4) is 0 Å². The number of halogens is 2. The highest BCUT2D eigenvalue weighted by atomic mass is 19.1. The molecule has 0 atom stereocenters. The molecule has 1 N–H and O–H groups in total. The Balaban J connectivity index is 2.13. The Hall–Kier alpha value is -2.10. The van der Waals surface area contributed by atoms with E-state index < -0.39 is 11.6 Å². The third-order valence-corrected chi connectivity index (χ3v) is 2.44. The van der Waals surface area contributed by atoms with Gasteiger partial charge in [0.2, 0.25) is 0 Å². The van der Waals surface area contributed by atoms with Gasteiger partial charge in [-0.25, -0.2) is 8.78 Å². The number of aromatic hydroxyl groups is 1. The minimum atomic E-state index is -0.520. The molecule has 0 saturated carbocycles. The average Bonchev–Trinajstić information content (AvgIpc) is 2.29. The van der Waals surface area contributed by atoms with Crippen molar-refractivity contribution in [1.82, 2.24) is 0 Å². The fourth-order valence-electron chi connectivity index (χ4n) is 1.63. The average molecular weight is 250 g/mol. The van der Waals surface area contributed by atoms with Gasteiger partial charge in [0.15, 0.2) is 0 Å². The molecule has 0 aromatic heterocycles. The zero-order valence-electron chi connectivity index (χ0n) is 9.78. The van der Waals surface area contributed by atoms with Crippen molar-refractivity contribution in [2.75, 3.05) is 0 Å². The molecule has 0 aliphatic carbocycles. The molecule has 0 heterocycles. The second kappa shape index (κ2) is 5.04. The van der Waals surface area contributed by atoms with Gasteiger partial charge < -0.3 is 9.84 Å². The molecule has 4 heteroatoms. The first kappa shape index (κ1) is 12.4. The molecule has 2 aromatic carbocycles. The predicted molar refractivity (Wildman–Crippen MR) is 63.5 cm³/mol. The summed E-state index contributed by atoms with van der Waals surface area (Å²) in [5.74, 6) is -0.545. The van der Waals surface area contributed by atoms with Crippen molar-refractivity contribution < 1.29 is 18.6 Å². The molecule has 2 aromatic rings. The Labute approximate surface area is 103 Å². The predicted octanol–water partition coefficient (Wildman–Crippen LogP) is 3.56. The largest absolute Gasteiger partial charge is 0.508 e. The maximum absolute atomic E-state index is 13.3. The summed E-state index contributed by atoms with van der Waals surface area (Å²) in [5, 5.41) is 9.38. The molecule has 18 heavy (non-hydrogen) atoms. The Bertz CT molecular complexity index is 547. The van der Waals surface area contributed by atoms with Gasteiger partial charge in [-0.05, 0) is 42.8 Å². The van der Waals surface area contributed by atoms with Crippen LogP contribution in [0.4, 0.5) is 8.78 Å². The highest BCUT2D eigenvalue weighted by molar-refractivity contribution is 5.37. The van der Waals surface area contributed by atoms with Crippen LogP contribution in [0.25, 0.3) is 0 Å². The summed E-state index contributed by atoms with van der Waals surface area (Å²) in [6.07, 6.45) is 0. The summed E-state index contributed by atoms with van der Waals surface area (Å²) in [4.78, 5) is 0. The van der Waals surface area contributed by atoms with Gasteiger partial charge in [-0.3, -0.25) is 0 Å². The maximum atomic E-state index is 13.3. The zero-order valence-corrected chi connectivity index (χ0v) is 9.78. The zero-order chi connectivity index (χ0) is 13.1. The van der Waals surface area contributed by atoms with Crippen molar-refractivity contribution in [3.05, 3.63) is 59.2 Å². The van der Waals surface area contributed by atoms with E-state index in [4.69, 9.17) is 4.74 Å². The molecule has 0 fully saturated rings. The monoisotopic (exact) mass is 250 g/mol. The van der Waals surface area contributed by atoms with Crippen molar-refractivity contribution in [2.24, 2.45) is 0 Å². The lowest BCUT2D eigenvalue weighted by atomic mass is 10.2. The molecular weight excluding hydrogens is 238 g/mol. The Kier molecular flexibility index (Phi) is 3.46. The Morgan fingerprint density at radius 2 is 1.89 bits per heavy atom. The molecule has 0 aliphatic rings. The smallest absolute Gasteiger partial charge is 0.130 e.